The molecule has 0 heterocycles. The molecule has 1 unspecified atom stereocenters. The molecule has 0 aliphatic heterocycles. The van der Waals surface area contributed by atoms with E-state index in [-0.39, 0.29) is 11.4 Å². The molecular weight excluding hydrogens is 296 g/mol. The summed E-state index contributed by atoms with van der Waals surface area (Å²) in [5, 5.41) is 11.7. The molecule has 0 bridgehead atoms. The van der Waals surface area contributed by atoms with E-state index >= 15 is 0 Å². The van der Waals surface area contributed by atoms with Crippen molar-refractivity contribution in [3.8, 4) is 0 Å². The van der Waals surface area contributed by atoms with E-state index in [1.54, 1.807) is 12.1 Å². The van der Waals surface area contributed by atoms with Crippen LogP contribution < -0.4 is 10.0 Å². The number of hydrogen-bond donors (Lipinski definition) is 3. The molecule has 8 heteroatoms. The number of anilines is 1. The monoisotopic (exact) mass is 316 g/mol. The first-order valence-electron chi connectivity index (χ1n) is 6.50. The molecule has 1 atom stereocenters. The van der Waals surface area contributed by atoms with Crippen molar-refractivity contribution in [1.29, 1.82) is 0 Å². The molecule has 0 aromatic heterocycles. The molecule has 1 rings (SSSR count). The maximum Gasteiger partial charge on any atom is 0.334 e. The number of carboxylic acid groups (broad SMARTS) is 1. The number of carbonyl (C=O) groups is 1. The van der Waals surface area contributed by atoms with Crippen LogP contribution in [0.15, 0.2) is 29.2 Å². The van der Waals surface area contributed by atoms with Gasteiger partial charge in [-0.25, -0.2) is 17.9 Å². The van der Waals surface area contributed by atoms with Gasteiger partial charge in [0.25, 0.3) is 0 Å². The summed E-state index contributed by atoms with van der Waals surface area (Å²) in [6.45, 7) is 2.35. The van der Waals surface area contributed by atoms with Crippen LogP contribution in [-0.2, 0) is 19.6 Å². The number of rotatable bonds is 9. The van der Waals surface area contributed by atoms with Gasteiger partial charge in [0, 0.05) is 19.3 Å². The predicted octanol–water partition coefficient (Wildman–Crippen LogP) is 0.886. The number of nitrogens with one attached hydrogen (secondary N) is 2. The topological polar surface area (TPSA) is 105 Å². The summed E-state index contributed by atoms with van der Waals surface area (Å²) in [4.78, 5) is 11.0. The van der Waals surface area contributed by atoms with Crippen molar-refractivity contribution >= 4 is 21.7 Å². The fourth-order valence-electron chi connectivity index (χ4n) is 1.55. The normalized spacial score (nSPS) is 12.9. The van der Waals surface area contributed by atoms with Crippen LogP contribution in [0, 0.1) is 0 Å². The number of methoxy groups -OCH3 is 1. The maximum atomic E-state index is 11.9. The average Bonchev–Trinajstić information content (AvgIpc) is 2.46. The van der Waals surface area contributed by atoms with Crippen LogP contribution in [0.4, 0.5) is 5.69 Å². The molecule has 0 fully saturated rings. The van der Waals surface area contributed by atoms with Gasteiger partial charge in [0.15, 0.2) is 6.10 Å². The minimum absolute atomic E-state index is 0.0893. The Kier molecular flexibility index (Phi) is 6.60. The molecule has 7 nitrogen and oxygen atoms in total. The van der Waals surface area contributed by atoms with Crippen molar-refractivity contribution in [3.63, 3.8) is 0 Å². The number of carboxylic acids is 1. The summed E-state index contributed by atoms with van der Waals surface area (Å²) >= 11 is 0. The van der Waals surface area contributed by atoms with Crippen LogP contribution in [0.1, 0.15) is 13.3 Å². The van der Waals surface area contributed by atoms with Gasteiger partial charge in [0.05, 0.1) is 11.4 Å². The smallest absolute Gasteiger partial charge is 0.334 e. The van der Waals surface area contributed by atoms with E-state index in [0.29, 0.717) is 18.7 Å². The van der Waals surface area contributed by atoms with E-state index in [9.17, 15) is 13.2 Å². The van der Waals surface area contributed by atoms with Crippen molar-refractivity contribution in [2.45, 2.75) is 24.3 Å². The summed E-state index contributed by atoms with van der Waals surface area (Å²) in [6, 6.07) is 6.08. The highest BCUT2D eigenvalue weighted by molar-refractivity contribution is 7.89. The van der Waals surface area contributed by atoms with Gasteiger partial charge in [-0.2, -0.15) is 0 Å². The zero-order chi connectivity index (χ0) is 15.9. The molecule has 118 valence electrons. The summed E-state index contributed by atoms with van der Waals surface area (Å²) in [6.07, 6.45) is -0.244. The predicted molar refractivity (Wildman–Crippen MR) is 78.8 cm³/mol. The van der Waals surface area contributed by atoms with Gasteiger partial charge in [-0.3, -0.25) is 0 Å². The van der Waals surface area contributed by atoms with Crippen LogP contribution >= 0.6 is 0 Å². The van der Waals surface area contributed by atoms with Gasteiger partial charge in [0.2, 0.25) is 10.0 Å². The van der Waals surface area contributed by atoms with E-state index in [1.165, 1.54) is 19.2 Å². The minimum Gasteiger partial charge on any atom is -0.479 e. The standard InChI is InChI=1S/C13H20N2O5S/c1-3-8-15-21(18,19)11-6-4-10(5-7-11)14-9-12(20-2)13(16)17/h4-7,12,14-15H,3,8-9H2,1-2H3,(H,16,17). The van der Waals surface area contributed by atoms with Crippen LogP contribution in [0.5, 0.6) is 0 Å². The lowest BCUT2D eigenvalue weighted by molar-refractivity contribution is -0.147. The second-order valence-electron chi connectivity index (χ2n) is 4.37. The third kappa shape index (κ3) is 5.33. The first kappa shape index (κ1) is 17.4. The second-order valence-corrected chi connectivity index (χ2v) is 6.13. The Morgan fingerprint density at radius 1 is 1.33 bits per heavy atom. The molecule has 0 amide bonds. The van der Waals surface area contributed by atoms with Crippen molar-refractivity contribution < 1.29 is 23.1 Å². The zero-order valence-corrected chi connectivity index (χ0v) is 12.8. The largest absolute Gasteiger partial charge is 0.479 e. The molecule has 0 saturated carbocycles. The highest BCUT2D eigenvalue weighted by Crippen LogP contribution is 2.14. The van der Waals surface area contributed by atoms with Crippen molar-refractivity contribution in [1.82, 2.24) is 4.72 Å². The average molecular weight is 316 g/mol. The second kappa shape index (κ2) is 7.96. The van der Waals surface area contributed by atoms with Crippen molar-refractivity contribution in [3.05, 3.63) is 24.3 Å². The fourth-order valence-corrected chi connectivity index (χ4v) is 2.69. The Morgan fingerprint density at radius 2 is 1.95 bits per heavy atom. The van der Waals surface area contributed by atoms with Gasteiger partial charge >= 0.3 is 5.97 Å². The lowest BCUT2D eigenvalue weighted by Gasteiger charge is -2.13. The third-order valence-electron chi connectivity index (χ3n) is 2.76. The number of sulfonamides is 1. The van der Waals surface area contributed by atoms with E-state index < -0.39 is 22.1 Å². The third-order valence-corrected chi connectivity index (χ3v) is 4.24. The van der Waals surface area contributed by atoms with Gasteiger partial charge in [-0.15, -0.1) is 0 Å². The van der Waals surface area contributed by atoms with Crippen LogP contribution in [0.2, 0.25) is 0 Å². The van der Waals surface area contributed by atoms with E-state index in [0.717, 1.165) is 0 Å². The van der Waals surface area contributed by atoms with Crippen molar-refractivity contribution in [2.24, 2.45) is 0 Å². The Morgan fingerprint density at radius 3 is 2.43 bits per heavy atom. The first-order valence-corrected chi connectivity index (χ1v) is 7.98. The fraction of sp³-hybridized carbons (Fsp3) is 0.462. The molecule has 0 spiro atoms. The van der Waals surface area contributed by atoms with Crippen LogP contribution in [0.25, 0.3) is 0 Å². The molecule has 21 heavy (non-hydrogen) atoms. The molecule has 0 aliphatic carbocycles. The highest BCUT2D eigenvalue weighted by atomic mass is 32.2. The lowest BCUT2D eigenvalue weighted by Crippen LogP contribution is -2.30. The van der Waals surface area contributed by atoms with Crippen molar-refractivity contribution in [2.75, 3.05) is 25.5 Å². The molecular formula is C13H20N2O5S. The van der Waals surface area contributed by atoms with Gasteiger partial charge in [-0.05, 0) is 30.7 Å². The highest BCUT2D eigenvalue weighted by Gasteiger charge is 2.16. The summed E-state index contributed by atoms with van der Waals surface area (Å²) < 4.78 is 31.0. The number of hydrogen-bond acceptors (Lipinski definition) is 5. The quantitative estimate of drug-likeness (QED) is 0.625. The SMILES string of the molecule is CCCNS(=O)(=O)c1ccc(NCC(OC)C(=O)O)cc1. The first-order chi connectivity index (χ1) is 9.90. The van der Waals surface area contributed by atoms with Crippen LogP contribution in [-0.4, -0.2) is 45.8 Å². The summed E-state index contributed by atoms with van der Waals surface area (Å²) in [5.74, 6) is -1.06. The van der Waals surface area contributed by atoms with Gasteiger partial charge < -0.3 is 15.2 Å². The molecule has 0 saturated heterocycles. The Bertz CT molecular complexity index is 556. The Balaban J connectivity index is 2.68. The Hall–Kier alpha value is -1.64. The molecule has 1 aromatic carbocycles. The van der Waals surface area contributed by atoms with E-state index in [1.807, 2.05) is 6.92 Å². The molecule has 1 aromatic rings. The van der Waals surface area contributed by atoms with Crippen LogP contribution in [0.3, 0.4) is 0 Å². The molecule has 3 N–H and O–H groups in total. The summed E-state index contributed by atoms with van der Waals surface area (Å²) in [7, 11) is -2.17. The number of benzene rings is 1. The lowest BCUT2D eigenvalue weighted by atomic mass is 10.3. The molecule has 0 aliphatic rings. The van der Waals surface area contributed by atoms with Gasteiger partial charge in [0.1, 0.15) is 0 Å². The van der Waals surface area contributed by atoms with Gasteiger partial charge in [-0.1, -0.05) is 6.92 Å². The summed E-state index contributed by atoms with van der Waals surface area (Å²) in [5.41, 5.74) is 0.618. The Labute approximate surface area is 124 Å². The minimum atomic E-state index is -3.49. The maximum absolute atomic E-state index is 11.9. The van der Waals surface area contributed by atoms with E-state index in [4.69, 9.17) is 9.84 Å². The molecule has 0 radical (unpaired) electrons. The van der Waals surface area contributed by atoms with E-state index in [2.05, 4.69) is 10.0 Å². The zero-order valence-electron chi connectivity index (χ0n) is 12.0. The number of aliphatic carboxylic acids is 1. The number of ether oxygens (including phenoxy) is 1.